The zero-order valence-corrected chi connectivity index (χ0v) is 13.0. The van der Waals surface area contributed by atoms with Crippen molar-refractivity contribution in [3.05, 3.63) is 63.2 Å². The molecule has 0 N–H and O–H groups in total. The number of hydrogen-bond donors (Lipinski definition) is 0. The van der Waals surface area contributed by atoms with Gasteiger partial charge in [-0.15, -0.1) is 0 Å². The smallest absolute Gasteiger partial charge is 0.224 e. The van der Waals surface area contributed by atoms with Gasteiger partial charge in [0.1, 0.15) is 6.04 Å². The Balaban J connectivity index is 2.18. The lowest BCUT2D eigenvalue weighted by atomic mass is 10.0. The summed E-state index contributed by atoms with van der Waals surface area (Å²) in [4.78, 5) is 26.2. The van der Waals surface area contributed by atoms with Gasteiger partial charge >= 0.3 is 0 Å². The number of ketones is 1. The summed E-state index contributed by atoms with van der Waals surface area (Å²) >= 11 is 2.17. The Labute approximate surface area is 130 Å². The number of hydrogen-bond acceptors (Lipinski definition) is 2. The number of Topliss-reactive ketones (excluding diaryl/α,β-unsaturated/α-hetero) is 1. The summed E-state index contributed by atoms with van der Waals surface area (Å²) < 4.78 is 0.993. The molecule has 2 aromatic rings. The molecule has 3 nitrogen and oxygen atoms in total. The fourth-order valence-corrected chi connectivity index (χ4v) is 3.10. The number of benzene rings is 2. The van der Waals surface area contributed by atoms with E-state index < -0.39 is 6.04 Å². The van der Waals surface area contributed by atoms with E-state index in [1.54, 1.807) is 4.90 Å². The van der Waals surface area contributed by atoms with Crippen LogP contribution >= 0.6 is 22.6 Å². The van der Waals surface area contributed by atoms with Gasteiger partial charge in [0.05, 0.1) is 5.69 Å². The van der Waals surface area contributed by atoms with E-state index in [4.69, 9.17) is 0 Å². The molecule has 0 saturated heterocycles. The number of fused-ring (bicyclic) bond motifs is 1. The van der Waals surface area contributed by atoms with Crippen molar-refractivity contribution in [1.82, 2.24) is 0 Å². The van der Waals surface area contributed by atoms with E-state index in [-0.39, 0.29) is 11.7 Å². The first-order valence-corrected chi connectivity index (χ1v) is 7.36. The number of rotatable bonds is 1. The van der Waals surface area contributed by atoms with Gasteiger partial charge in [-0.3, -0.25) is 14.5 Å². The molecule has 1 aliphatic heterocycles. The van der Waals surface area contributed by atoms with E-state index in [1.807, 2.05) is 48.5 Å². The second kappa shape index (κ2) is 5.01. The molecule has 1 unspecified atom stereocenters. The predicted octanol–water partition coefficient (Wildman–Crippen LogP) is 3.58. The van der Waals surface area contributed by atoms with Gasteiger partial charge in [-0.1, -0.05) is 30.3 Å². The molecule has 4 heteroatoms. The van der Waals surface area contributed by atoms with Crippen molar-refractivity contribution < 1.29 is 9.59 Å². The molecule has 20 heavy (non-hydrogen) atoms. The van der Waals surface area contributed by atoms with Crippen LogP contribution < -0.4 is 4.90 Å². The number of nitrogens with zero attached hydrogens (tertiary/aromatic N) is 1. The molecule has 1 atom stereocenters. The molecule has 0 aromatic heterocycles. The predicted molar refractivity (Wildman–Crippen MR) is 85.8 cm³/mol. The minimum absolute atomic E-state index is 0.0140. The van der Waals surface area contributed by atoms with Crippen LogP contribution in [0.1, 0.15) is 28.9 Å². The lowest BCUT2D eigenvalue weighted by molar-refractivity contribution is -0.116. The van der Waals surface area contributed by atoms with E-state index in [9.17, 15) is 9.59 Å². The fourth-order valence-electron chi connectivity index (χ4n) is 2.61. The molecule has 1 amide bonds. The second-order valence-corrected chi connectivity index (χ2v) is 5.97. The maximum absolute atomic E-state index is 12.7. The van der Waals surface area contributed by atoms with Gasteiger partial charge in [0.15, 0.2) is 5.78 Å². The van der Waals surface area contributed by atoms with Gasteiger partial charge in [0.2, 0.25) is 5.91 Å². The van der Waals surface area contributed by atoms with E-state index in [1.165, 1.54) is 6.92 Å². The average molecular weight is 377 g/mol. The molecule has 0 aliphatic carbocycles. The van der Waals surface area contributed by atoms with E-state index in [0.717, 1.165) is 9.13 Å². The minimum Gasteiger partial charge on any atom is -0.297 e. The maximum atomic E-state index is 12.7. The monoisotopic (exact) mass is 377 g/mol. The minimum atomic E-state index is -0.540. The normalized spacial score (nSPS) is 17.2. The Bertz CT molecular complexity index is 697. The van der Waals surface area contributed by atoms with Crippen molar-refractivity contribution in [2.24, 2.45) is 0 Å². The van der Waals surface area contributed by atoms with Gasteiger partial charge < -0.3 is 0 Å². The lowest BCUT2D eigenvalue weighted by Crippen LogP contribution is -2.31. The van der Waals surface area contributed by atoms with E-state index in [2.05, 4.69) is 22.6 Å². The SMILES string of the molecule is CC(=O)N1c2ccc(I)cc2C(=O)C1c1ccccc1. The molecule has 0 fully saturated rings. The van der Waals surface area contributed by atoms with E-state index >= 15 is 0 Å². The number of halogens is 1. The summed E-state index contributed by atoms with van der Waals surface area (Å²) in [6.07, 6.45) is 0. The highest BCUT2D eigenvalue weighted by Gasteiger charge is 2.40. The van der Waals surface area contributed by atoms with Gasteiger partial charge in [-0.25, -0.2) is 0 Å². The number of carbonyl (C=O) groups excluding carboxylic acids is 2. The van der Waals surface area contributed by atoms with Gasteiger partial charge in [-0.05, 0) is 46.4 Å². The van der Waals surface area contributed by atoms with Crippen LogP contribution in [0, 0.1) is 3.57 Å². The summed E-state index contributed by atoms with van der Waals surface area (Å²) in [6.45, 7) is 1.50. The Hall–Kier alpha value is -1.69. The highest BCUT2D eigenvalue weighted by Crippen LogP contribution is 2.40. The van der Waals surface area contributed by atoms with Crippen LogP contribution in [-0.4, -0.2) is 11.7 Å². The Kier molecular flexibility index (Phi) is 3.33. The highest BCUT2D eigenvalue weighted by atomic mass is 127. The second-order valence-electron chi connectivity index (χ2n) is 4.73. The number of carbonyl (C=O) groups is 2. The Morgan fingerprint density at radius 1 is 1.15 bits per heavy atom. The van der Waals surface area contributed by atoms with Crippen molar-refractivity contribution in [2.75, 3.05) is 4.90 Å². The molecule has 100 valence electrons. The zero-order valence-electron chi connectivity index (χ0n) is 10.8. The first-order chi connectivity index (χ1) is 9.59. The van der Waals surface area contributed by atoms with Gasteiger partial charge in [0.25, 0.3) is 0 Å². The topological polar surface area (TPSA) is 37.4 Å². The summed E-state index contributed by atoms with van der Waals surface area (Å²) in [5.74, 6) is -0.132. The van der Waals surface area contributed by atoms with Gasteiger partial charge in [0, 0.05) is 16.1 Å². The number of anilines is 1. The molecular formula is C16H12INO2. The van der Waals surface area contributed by atoms with E-state index in [0.29, 0.717) is 11.3 Å². The maximum Gasteiger partial charge on any atom is 0.224 e. The quantitative estimate of drug-likeness (QED) is 0.713. The van der Waals surface area contributed by atoms with Crippen LogP contribution in [0.3, 0.4) is 0 Å². The third-order valence-corrected chi connectivity index (χ3v) is 4.12. The molecule has 1 aliphatic rings. The van der Waals surface area contributed by atoms with Crippen molar-refractivity contribution in [1.29, 1.82) is 0 Å². The first kappa shape index (κ1) is 13.3. The molecule has 1 heterocycles. The summed E-state index contributed by atoms with van der Waals surface area (Å²) in [7, 11) is 0. The van der Waals surface area contributed by atoms with Crippen LogP contribution in [-0.2, 0) is 4.79 Å². The largest absolute Gasteiger partial charge is 0.297 e. The van der Waals surface area contributed by atoms with Crippen molar-refractivity contribution in [3.63, 3.8) is 0 Å². The molecule has 2 aromatic carbocycles. The standard InChI is InChI=1S/C16H12INO2/c1-10(19)18-14-8-7-12(17)9-13(14)16(20)15(18)11-5-3-2-4-6-11/h2-9,15H,1H3. The fraction of sp³-hybridized carbons (Fsp3) is 0.125. The summed E-state index contributed by atoms with van der Waals surface area (Å²) in [5, 5.41) is 0. The van der Waals surface area contributed by atoms with Crippen LogP contribution in [0.15, 0.2) is 48.5 Å². The van der Waals surface area contributed by atoms with Crippen LogP contribution in [0.25, 0.3) is 0 Å². The van der Waals surface area contributed by atoms with Crippen LogP contribution in [0.4, 0.5) is 5.69 Å². The molecule has 0 radical (unpaired) electrons. The third kappa shape index (κ3) is 2.04. The van der Waals surface area contributed by atoms with Crippen molar-refractivity contribution >= 4 is 40.0 Å². The Morgan fingerprint density at radius 3 is 2.50 bits per heavy atom. The van der Waals surface area contributed by atoms with Crippen LogP contribution in [0.5, 0.6) is 0 Å². The number of amides is 1. The third-order valence-electron chi connectivity index (χ3n) is 3.44. The lowest BCUT2D eigenvalue weighted by Gasteiger charge is -2.23. The molecule has 0 saturated carbocycles. The average Bonchev–Trinajstić information content (AvgIpc) is 2.73. The van der Waals surface area contributed by atoms with Gasteiger partial charge in [-0.2, -0.15) is 0 Å². The van der Waals surface area contributed by atoms with Crippen LogP contribution in [0.2, 0.25) is 0 Å². The first-order valence-electron chi connectivity index (χ1n) is 6.28. The molecule has 3 rings (SSSR count). The Morgan fingerprint density at radius 2 is 1.85 bits per heavy atom. The molecule has 0 bridgehead atoms. The molecule has 0 spiro atoms. The summed E-state index contributed by atoms with van der Waals surface area (Å²) in [6, 6.07) is 14.5. The summed E-state index contributed by atoms with van der Waals surface area (Å²) in [5.41, 5.74) is 2.18. The highest BCUT2D eigenvalue weighted by molar-refractivity contribution is 14.1. The zero-order chi connectivity index (χ0) is 14.3. The van der Waals surface area contributed by atoms with Crippen molar-refractivity contribution in [3.8, 4) is 0 Å². The molecular weight excluding hydrogens is 365 g/mol. The van der Waals surface area contributed by atoms with Crippen molar-refractivity contribution in [2.45, 2.75) is 13.0 Å².